The minimum atomic E-state index is -0.307. The fraction of sp³-hybridized carbons (Fsp3) is 0.182. The van der Waals surface area contributed by atoms with Gasteiger partial charge in [-0.1, -0.05) is 42.5 Å². The maximum atomic E-state index is 12.9. The lowest BCUT2D eigenvalue weighted by atomic mass is 9.91. The van der Waals surface area contributed by atoms with Crippen LogP contribution in [0.5, 0.6) is 0 Å². The van der Waals surface area contributed by atoms with Crippen LogP contribution in [-0.2, 0) is 11.2 Å². The van der Waals surface area contributed by atoms with E-state index in [0.29, 0.717) is 24.4 Å². The van der Waals surface area contributed by atoms with E-state index in [-0.39, 0.29) is 23.5 Å². The summed E-state index contributed by atoms with van der Waals surface area (Å²) in [6.45, 7) is 1.26. The van der Waals surface area contributed by atoms with Gasteiger partial charge in [-0.2, -0.15) is 0 Å². The Balaban J connectivity index is 1.42. The number of fused-ring (bicyclic) bond motifs is 4. The fourth-order valence-electron chi connectivity index (χ4n) is 3.97. The zero-order valence-corrected chi connectivity index (χ0v) is 14.6. The molecule has 27 heavy (non-hydrogen) atoms. The van der Waals surface area contributed by atoms with Gasteiger partial charge in [0.25, 0.3) is 5.91 Å². The first kappa shape index (κ1) is 15.9. The number of hydrogen-bond acceptors (Lipinski definition) is 4. The fourth-order valence-corrected chi connectivity index (χ4v) is 3.97. The van der Waals surface area contributed by atoms with Crippen molar-refractivity contribution in [2.75, 3.05) is 13.1 Å². The molecular formula is C22H18N2O3. The smallest absolute Gasteiger partial charge is 0.270 e. The number of allylic oxidation sites excluding steroid dienone is 1. The predicted molar refractivity (Wildman–Crippen MR) is 101 cm³/mol. The van der Waals surface area contributed by atoms with Crippen molar-refractivity contribution in [2.24, 2.45) is 0 Å². The van der Waals surface area contributed by atoms with Gasteiger partial charge in [0.2, 0.25) is 5.78 Å². The standard InChI is InChI=1S/C22H18N2O3/c25-19(21-11-15-6-2-4-8-20(15)27-21)12-17-22(26)24-10-9-14-5-1-3-7-16(14)18(24)13-23-17/h1-8,11-12,18,23H,9-10,13H2. The molecule has 1 N–H and O–H groups in total. The third-order valence-electron chi connectivity index (χ3n) is 5.33. The normalized spacial score (nSPS) is 20.3. The van der Waals surface area contributed by atoms with Crippen molar-refractivity contribution in [1.82, 2.24) is 10.2 Å². The van der Waals surface area contributed by atoms with Gasteiger partial charge in [-0.15, -0.1) is 0 Å². The van der Waals surface area contributed by atoms with E-state index in [1.165, 1.54) is 17.2 Å². The van der Waals surface area contributed by atoms with E-state index in [0.717, 1.165) is 11.8 Å². The number of para-hydroxylation sites is 1. The molecule has 0 radical (unpaired) electrons. The van der Waals surface area contributed by atoms with E-state index in [2.05, 4.69) is 17.4 Å². The SMILES string of the molecule is O=C(C=C1NCC2c3ccccc3CCN2C1=O)c1cc2ccccc2o1. The lowest BCUT2D eigenvalue weighted by molar-refractivity contribution is -0.132. The van der Waals surface area contributed by atoms with Gasteiger partial charge in [0.1, 0.15) is 11.3 Å². The second kappa shape index (κ2) is 6.13. The number of furan rings is 1. The Morgan fingerprint density at radius 3 is 2.85 bits per heavy atom. The largest absolute Gasteiger partial charge is 0.453 e. The lowest BCUT2D eigenvalue weighted by Crippen LogP contribution is -2.51. The molecule has 0 spiro atoms. The Morgan fingerprint density at radius 1 is 1.15 bits per heavy atom. The maximum absolute atomic E-state index is 12.9. The average Bonchev–Trinajstić information content (AvgIpc) is 3.14. The molecule has 0 saturated carbocycles. The summed E-state index contributed by atoms with van der Waals surface area (Å²) in [4.78, 5) is 27.4. The van der Waals surface area contributed by atoms with Crippen LogP contribution in [0.15, 0.2) is 70.8 Å². The Labute approximate surface area is 156 Å². The van der Waals surface area contributed by atoms with Crippen LogP contribution in [0.4, 0.5) is 0 Å². The summed E-state index contributed by atoms with van der Waals surface area (Å²) >= 11 is 0. The van der Waals surface area contributed by atoms with Gasteiger partial charge in [0.05, 0.1) is 6.04 Å². The molecule has 0 bridgehead atoms. The van der Waals surface area contributed by atoms with Gasteiger partial charge >= 0.3 is 0 Å². The van der Waals surface area contributed by atoms with Crippen molar-refractivity contribution >= 4 is 22.7 Å². The van der Waals surface area contributed by atoms with E-state index >= 15 is 0 Å². The molecular weight excluding hydrogens is 340 g/mol. The summed E-state index contributed by atoms with van der Waals surface area (Å²) in [7, 11) is 0. The summed E-state index contributed by atoms with van der Waals surface area (Å²) in [5.41, 5.74) is 3.47. The highest BCUT2D eigenvalue weighted by atomic mass is 16.3. The number of nitrogens with zero attached hydrogens (tertiary/aromatic N) is 1. The summed E-state index contributed by atoms with van der Waals surface area (Å²) in [5, 5.41) is 4.02. The summed E-state index contributed by atoms with van der Waals surface area (Å²) in [5.74, 6) is -0.201. The number of benzene rings is 2. The molecule has 2 aliphatic heterocycles. The van der Waals surface area contributed by atoms with Crippen LogP contribution in [0.2, 0.25) is 0 Å². The van der Waals surface area contributed by atoms with Crippen LogP contribution in [0.1, 0.15) is 27.7 Å². The van der Waals surface area contributed by atoms with Gasteiger partial charge in [0, 0.05) is 24.6 Å². The van der Waals surface area contributed by atoms with Gasteiger partial charge < -0.3 is 14.6 Å². The second-order valence-electron chi connectivity index (χ2n) is 6.91. The molecule has 1 fully saturated rings. The van der Waals surface area contributed by atoms with Gasteiger partial charge in [-0.3, -0.25) is 9.59 Å². The van der Waals surface area contributed by atoms with Crippen molar-refractivity contribution in [1.29, 1.82) is 0 Å². The van der Waals surface area contributed by atoms with Crippen LogP contribution in [0.25, 0.3) is 11.0 Å². The van der Waals surface area contributed by atoms with Crippen molar-refractivity contribution in [3.05, 3.63) is 83.3 Å². The van der Waals surface area contributed by atoms with E-state index in [1.54, 1.807) is 6.07 Å². The Morgan fingerprint density at radius 2 is 1.96 bits per heavy atom. The summed E-state index contributed by atoms with van der Waals surface area (Å²) in [6, 6.07) is 17.4. The monoisotopic (exact) mass is 358 g/mol. The van der Waals surface area contributed by atoms with E-state index in [9.17, 15) is 9.59 Å². The Hall–Kier alpha value is -3.34. The summed E-state index contributed by atoms with van der Waals surface area (Å²) < 4.78 is 5.61. The third-order valence-corrected chi connectivity index (χ3v) is 5.33. The molecule has 3 aromatic rings. The zero-order chi connectivity index (χ0) is 18.4. The highest BCUT2D eigenvalue weighted by Crippen LogP contribution is 2.32. The number of hydrogen-bond donors (Lipinski definition) is 1. The van der Waals surface area contributed by atoms with Crippen LogP contribution in [-0.4, -0.2) is 29.7 Å². The summed E-state index contributed by atoms with van der Waals surface area (Å²) in [6.07, 6.45) is 2.19. The van der Waals surface area contributed by atoms with Crippen molar-refractivity contribution < 1.29 is 14.0 Å². The molecule has 5 rings (SSSR count). The molecule has 1 unspecified atom stereocenters. The van der Waals surface area contributed by atoms with E-state index in [1.807, 2.05) is 41.3 Å². The van der Waals surface area contributed by atoms with Crippen LogP contribution in [0.3, 0.4) is 0 Å². The van der Waals surface area contributed by atoms with Crippen LogP contribution in [0, 0.1) is 0 Å². The quantitative estimate of drug-likeness (QED) is 0.564. The molecule has 1 atom stereocenters. The Bertz CT molecular complexity index is 1060. The van der Waals surface area contributed by atoms with Gasteiger partial charge in [-0.05, 0) is 29.7 Å². The van der Waals surface area contributed by atoms with E-state index in [4.69, 9.17) is 4.42 Å². The molecule has 3 heterocycles. The van der Waals surface area contributed by atoms with Crippen molar-refractivity contribution in [2.45, 2.75) is 12.5 Å². The lowest BCUT2D eigenvalue weighted by Gasteiger charge is -2.41. The highest BCUT2D eigenvalue weighted by molar-refractivity contribution is 6.09. The molecule has 5 heteroatoms. The number of rotatable bonds is 2. The second-order valence-corrected chi connectivity index (χ2v) is 6.91. The van der Waals surface area contributed by atoms with Gasteiger partial charge in [0.15, 0.2) is 5.76 Å². The molecule has 2 aliphatic rings. The zero-order valence-electron chi connectivity index (χ0n) is 14.6. The molecule has 1 aromatic heterocycles. The molecule has 1 saturated heterocycles. The molecule has 0 aliphatic carbocycles. The number of nitrogens with one attached hydrogen (secondary N) is 1. The minimum Gasteiger partial charge on any atom is -0.453 e. The molecule has 134 valence electrons. The number of piperazine rings is 1. The molecule has 1 amide bonds. The third kappa shape index (κ3) is 2.63. The minimum absolute atomic E-state index is 0.0147. The number of carbonyl (C=O) groups is 2. The number of amides is 1. The first-order chi connectivity index (χ1) is 13.2. The molecule has 5 nitrogen and oxygen atoms in total. The van der Waals surface area contributed by atoms with E-state index < -0.39 is 0 Å². The maximum Gasteiger partial charge on any atom is 0.270 e. The van der Waals surface area contributed by atoms with Gasteiger partial charge in [-0.25, -0.2) is 0 Å². The predicted octanol–water partition coefficient (Wildman–Crippen LogP) is 3.23. The van der Waals surface area contributed by atoms with Crippen molar-refractivity contribution in [3.8, 4) is 0 Å². The Kier molecular flexibility index (Phi) is 3.60. The van der Waals surface area contributed by atoms with Crippen LogP contribution >= 0.6 is 0 Å². The molecule has 2 aromatic carbocycles. The first-order valence-electron chi connectivity index (χ1n) is 9.08. The highest BCUT2D eigenvalue weighted by Gasteiger charge is 2.36. The average molecular weight is 358 g/mol. The topological polar surface area (TPSA) is 62.6 Å². The van der Waals surface area contributed by atoms with Crippen LogP contribution < -0.4 is 5.32 Å². The number of carbonyl (C=O) groups excluding carboxylic acids is 2. The first-order valence-corrected chi connectivity index (χ1v) is 9.08. The van der Waals surface area contributed by atoms with Crippen molar-refractivity contribution in [3.63, 3.8) is 0 Å². The number of ketones is 1.